The van der Waals surface area contributed by atoms with E-state index in [1.165, 1.54) is 12.1 Å². The fourth-order valence-corrected chi connectivity index (χ4v) is 2.45. The summed E-state index contributed by atoms with van der Waals surface area (Å²) in [5.41, 5.74) is 5.67. The van der Waals surface area contributed by atoms with E-state index in [-0.39, 0.29) is 29.1 Å². The molecule has 2 rings (SSSR count). The number of nitrogens with two attached hydrogens (primary N) is 1. The molecule has 2 atom stereocenters. The van der Waals surface area contributed by atoms with Gasteiger partial charge in [-0.2, -0.15) is 0 Å². The number of carboxylic acids is 1. The smallest absolute Gasteiger partial charge is 0.335 e. The van der Waals surface area contributed by atoms with Gasteiger partial charge in [-0.1, -0.05) is 6.42 Å². The van der Waals surface area contributed by atoms with Crippen molar-refractivity contribution in [3.63, 3.8) is 0 Å². The monoisotopic (exact) mass is 280 g/mol. The molecule has 5 nitrogen and oxygen atoms in total. The standard InChI is InChI=1S/C14H17FN2O3/c15-11-7-9(14(19)20)4-5-12(11)17-13(18)8-2-1-3-10(16)6-8/h4-5,7-8,10H,1-3,6,16H2,(H,17,18)(H,19,20). The molecule has 1 aliphatic rings. The van der Waals surface area contributed by atoms with Crippen molar-refractivity contribution in [3.05, 3.63) is 29.6 Å². The van der Waals surface area contributed by atoms with Gasteiger partial charge in [-0.3, -0.25) is 4.79 Å². The highest BCUT2D eigenvalue weighted by atomic mass is 19.1. The van der Waals surface area contributed by atoms with Crippen LogP contribution >= 0.6 is 0 Å². The van der Waals surface area contributed by atoms with Gasteiger partial charge < -0.3 is 16.2 Å². The maximum Gasteiger partial charge on any atom is 0.335 e. The van der Waals surface area contributed by atoms with Crippen molar-refractivity contribution in [2.75, 3.05) is 5.32 Å². The first-order chi connectivity index (χ1) is 9.47. The number of benzene rings is 1. The normalized spacial score (nSPS) is 22.3. The minimum atomic E-state index is -1.21. The molecule has 108 valence electrons. The van der Waals surface area contributed by atoms with Crippen molar-refractivity contribution in [1.82, 2.24) is 0 Å². The first kappa shape index (κ1) is 14.5. The zero-order valence-electron chi connectivity index (χ0n) is 10.9. The summed E-state index contributed by atoms with van der Waals surface area (Å²) in [6.45, 7) is 0. The van der Waals surface area contributed by atoms with Crippen LogP contribution in [-0.2, 0) is 4.79 Å². The lowest BCUT2D eigenvalue weighted by atomic mass is 9.85. The summed E-state index contributed by atoms with van der Waals surface area (Å²) < 4.78 is 13.7. The second-order valence-corrected chi connectivity index (χ2v) is 5.11. The lowest BCUT2D eigenvalue weighted by Crippen LogP contribution is -2.34. The van der Waals surface area contributed by atoms with Crippen LogP contribution in [0.3, 0.4) is 0 Å². The molecule has 0 aromatic heterocycles. The van der Waals surface area contributed by atoms with Crippen molar-refractivity contribution in [1.29, 1.82) is 0 Å². The fraction of sp³-hybridized carbons (Fsp3) is 0.429. The summed E-state index contributed by atoms with van der Waals surface area (Å²) in [6.07, 6.45) is 3.14. The number of aromatic carboxylic acids is 1. The van der Waals surface area contributed by atoms with Crippen LogP contribution in [0.4, 0.5) is 10.1 Å². The molecular weight excluding hydrogens is 263 g/mol. The van der Waals surface area contributed by atoms with E-state index in [1.54, 1.807) is 0 Å². The second-order valence-electron chi connectivity index (χ2n) is 5.11. The summed E-state index contributed by atoms with van der Waals surface area (Å²) >= 11 is 0. The van der Waals surface area contributed by atoms with Gasteiger partial charge in [-0.25, -0.2) is 9.18 Å². The Balaban J connectivity index is 2.06. The van der Waals surface area contributed by atoms with E-state index in [0.717, 1.165) is 25.3 Å². The number of carbonyl (C=O) groups excluding carboxylic acids is 1. The maximum atomic E-state index is 13.7. The summed E-state index contributed by atoms with van der Waals surface area (Å²) in [5, 5.41) is 11.3. The number of amides is 1. The lowest BCUT2D eigenvalue weighted by molar-refractivity contribution is -0.120. The molecule has 1 fully saturated rings. The number of carboxylic acid groups (broad SMARTS) is 1. The topological polar surface area (TPSA) is 92.4 Å². The first-order valence-electron chi connectivity index (χ1n) is 6.56. The Morgan fingerprint density at radius 1 is 1.35 bits per heavy atom. The highest BCUT2D eigenvalue weighted by Gasteiger charge is 2.25. The number of anilines is 1. The predicted octanol–water partition coefficient (Wildman–Crippen LogP) is 1.98. The molecule has 2 unspecified atom stereocenters. The van der Waals surface area contributed by atoms with E-state index in [1.807, 2.05) is 0 Å². The summed E-state index contributed by atoms with van der Waals surface area (Å²) in [7, 11) is 0. The Hall–Kier alpha value is -1.95. The van der Waals surface area contributed by atoms with Crippen LogP contribution in [0.15, 0.2) is 18.2 Å². The molecular formula is C14H17FN2O3. The van der Waals surface area contributed by atoms with Crippen LogP contribution in [0.2, 0.25) is 0 Å². The summed E-state index contributed by atoms with van der Waals surface area (Å²) in [5.74, 6) is -2.43. The molecule has 0 saturated heterocycles. The van der Waals surface area contributed by atoms with E-state index < -0.39 is 11.8 Å². The van der Waals surface area contributed by atoms with Crippen molar-refractivity contribution in [2.24, 2.45) is 11.7 Å². The van der Waals surface area contributed by atoms with Crippen LogP contribution in [0.1, 0.15) is 36.0 Å². The minimum Gasteiger partial charge on any atom is -0.478 e. The Morgan fingerprint density at radius 2 is 2.10 bits per heavy atom. The molecule has 4 N–H and O–H groups in total. The van der Waals surface area contributed by atoms with Gasteiger partial charge in [0.2, 0.25) is 5.91 Å². The van der Waals surface area contributed by atoms with Gasteiger partial charge in [0.1, 0.15) is 5.82 Å². The molecule has 1 aromatic carbocycles. The number of carbonyl (C=O) groups is 2. The van der Waals surface area contributed by atoms with Crippen LogP contribution in [0.5, 0.6) is 0 Å². The Labute approximate surface area is 116 Å². The average Bonchev–Trinajstić information content (AvgIpc) is 2.40. The third-order valence-electron chi connectivity index (χ3n) is 3.56. The number of hydrogen-bond donors (Lipinski definition) is 3. The van der Waals surface area contributed by atoms with E-state index in [4.69, 9.17) is 10.8 Å². The van der Waals surface area contributed by atoms with Crippen molar-refractivity contribution >= 4 is 17.6 Å². The van der Waals surface area contributed by atoms with Gasteiger partial charge in [0.05, 0.1) is 11.3 Å². The molecule has 1 amide bonds. The molecule has 6 heteroatoms. The highest BCUT2D eigenvalue weighted by Crippen LogP contribution is 2.25. The molecule has 1 saturated carbocycles. The van der Waals surface area contributed by atoms with E-state index in [0.29, 0.717) is 6.42 Å². The van der Waals surface area contributed by atoms with Crippen molar-refractivity contribution < 1.29 is 19.1 Å². The molecule has 20 heavy (non-hydrogen) atoms. The third-order valence-corrected chi connectivity index (χ3v) is 3.56. The van der Waals surface area contributed by atoms with Gasteiger partial charge in [-0.15, -0.1) is 0 Å². The van der Waals surface area contributed by atoms with Gasteiger partial charge in [0, 0.05) is 12.0 Å². The minimum absolute atomic E-state index is 0.000792. The molecule has 0 bridgehead atoms. The first-order valence-corrected chi connectivity index (χ1v) is 6.56. The Bertz CT molecular complexity index is 533. The van der Waals surface area contributed by atoms with Gasteiger partial charge in [0.25, 0.3) is 0 Å². The quantitative estimate of drug-likeness (QED) is 0.789. The Morgan fingerprint density at radius 3 is 2.70 bits per heavy atom. The van der Waals surface area contributed by atoms with Crippen molar-refractivity contribution in [2.45, 2.75) is 31.7 Å². The Kier molecular flexibility index (Phi) is 4.34. The van der Waals surface area contributed by atoms with E-state index >= 15 is 0 Å². The molecule has 1 aromatic rings. The number of nitrogens with one attached hydrogen (secondary N) is 1. The highest BCUT2D eigenvalue weighted by molar-refractivity contribution is 5.94. The fourth-order valence-electron chi connectivity index (χ4n) is 2.45. The maximum absolute atomic E-state index is 13.7. The lowest BCUT2D eigenvalue weighted by Gasteiger charge is -2.25. The number of hydrogen-bond acceptors (Lipinski definition) is 3. The predicted molar refractivity (Wildman–Crippen MR) is 71.9 cm³/mol. The number of rotatable bonds is 3. The van der Waals surface area contributed by atoms with E-state index in [9.17, 15) is 14.0 Å². The molecule has 0 radical (unpaired) electrons. The largest absolute Gasteiger partial charge is 0.478 e. The van der Waals surface area contributed by atoms with Crippen LogP contribution in [0.25, 0.3) is 0 Å². The molecule has 0 heterocycles. The summed E-state index contributed by atoms with van der Waals surface area (Å²) in [6, 6.07) is 3.43. The SMILES string of the molecule is NC1CCCC(C(=O)Nc2ccc(C(=O)O)cc2F)C1. The van der Waals surface area contributed by atoms with Crippen LogP contribution < -0.4 is 11.1 Å². The third kappa shape index (κ3) is 3.33. The zero-order chi connectivity index (χ0) is 14.7. The van der Waals surface area contributed by atoms with Crippen LogP contribution in [0, 0.1) is 11.7 Å². The van der Waals surface area contributed by atoms with Gasteiger partial charge in [-0.05, 0) is 37.5 Å². The van der Waals surface area contributed by atoms with Gasteiger partial charge in [0.15, 0.2) is 0 Å². The van der Waals surface area contributed by atoms with Gasteiger partial charge >= 0.3 is 5.97 Å². The molecule has 0 aliphatic heterocycles. The zero-order valence-corrected chi connectivity index (χ0v) is 10.9. The van der Waals surface area contributed by atoms with Crippen molar-refractivity contribution in [3.8, 4) is 0 Å². The van der Waals surface area contributed by atoms with Crippen LogP contribution in [-0.4, -0.2) is 23.0 Å². The van der Waals surface area contributed by atoms with E-state index in [2.05, 4.69) is 5.32 Å². The molecule has 0 spiro atoms. The average molecular weight is 280 g/mol. The molecule has 1 aliphatic carbocycles. The summed E-state index contributed by atoms with van der Waals surface area (Å²) in [4.78, 5) is 22.7. The second kappa shape index (κ2) is 6.00. The number of halogens is 1.